The SMILES string of the molecule is CC(C)(O)C1CCCCC1CC[C@@H](SCC1(CC(=O)O)CC1)C1CCCC(/C=C/C2CCC3CCC(Cl)CC3N2)C1. The molecule has 0 spiro atoms. The molecule has 41 heavy (non-hydrogen) atoms. The number of carboxylic acid groups (broad SMARTS) is 1. The first-order valence-electron chi connectivity index (χ1n) is 17.2. The van der Waals surface area contributed by atoms with E-state index in [1.54, 1.807) is 0 Å². The Hall–Kier alpha value is -0.230. The summed E-state index contributed by atoms with van der Waals surface area (Å²) in [5.41, 5.74) is -0.543. The Kier molecular flexibility index (Phi) is 11.2. The van der Waals surface area contributed by atoms with Gasteiger partial charge < -0.3 is 15.5 Å². The fourth-order valence-corrected chi connectivity index (χ4v) is 11.3. The molecule has 9 atom stereocenters. The lowest BCUT2D eigenvalue weighted by atomic mass is 9.69. The van der Waals surface area contributed by atoms with Crippen LogP contribution in [0.2, 0.25) is 0 Å². The molecule has 0 aromatic heterocycles. The van der Waals surface area contributed by atoms with Crippen molar-refractivity contribution in [2.24, 2.45) is 35.0 Å². The van der Waals surface area contributed by atoms with E-state index in [9.17, 15) is 15.0 Å². The predicted molar refractivity (Wildman–Crippen MR) is 173 cm³/mol. The second-order valence-electron chi connectivity index (χ2n) is 15.5. The van der Waals surface area contributed by atoms with E-state index in [0.717, 1.165) is 37.4 Å². The van der Waals surface area contributed by atoms with Gasteiger partial charge in [-0.15, -0.1) is 11.6 Å². The van der Waals surface area contributed by atoms with Crippen molar-refractivity contribution in [2.45, 2.75) is 158 Å². The molecule has 5 aliphatic rings. The van der Waals surface area contributed by atoms with Crippen molar-refractivity contribution in [2.75, 3.05) is 5.75 Å². The number of carboxylic acids is 1. The first-order chi connectivity index (χ1) is 19.6. The Balaban J connectivity index is 1.19. The van der Waals surface area contributed by atoms with Gasteiger partial charge in [-0.1, -0.05) is 37.8 Å². The third-order valence-electron chi connectivity index (χ3n) is 11.8. The molecule has 4 aliphatic carbocycles. The Morgan fingerprint density at radius 1 is 1.02 bits per heavy atom. The van der Waals surface area contributed by atoms with Gasteiger partial charge in [0.25, 0.3) is 0 Å². The molecule has 4 saturated carbocycles. The fraction of sp³-hybridized carbons (Fsp3) is 0.914. The Labute approximate surface area is 259 Å². The van der Waals surface area contributed by atoms with Crippen LogP contribution in [0.3, 0.4) is 0 Å². The maximum atomic E-state index is 11.6. The summed E-state index contributed by atoms with van der Waals surface area (Å²) >= 11 is 8.64. The minimum absolute atomic E-state index is 0.0504. The summed E-state index contributed by atoms with van der Waals surface area (Å²) in [5.74, 6) is 3.61. The monoisotopic (exact) mass is 607 g/mol. The number of piperidine rings is 1. The quantitative estimate of drug-likeness (QED) is 0.153. The number of nitrogens with one attached hydrogen (secondary N) is 1. The van der Waals surface area contributed by atoms with Gasteiger partial charge >= 0.3 is 5.97 Å². The lowest BCUT2D eigenvalue weighted by molar-refractivity contribution is -0.138. The maximum absolute atomic E-state index is 11.6. The molecule has 0 aromatic carbocycles. The summed E-state index contributed by atoms with van der Waals surface area (Å²) in [4.78, 5) is 11.6. The van der Waals surface area contributed by atoms with E-state index in [1.165, 1.54) is 83.5 Å². The molecule has 0 radical (unpaired) electrons. The number of carbonyl (C=O) groups is 1. The normalized spacial score (nSPS) is 38.3. The summed E-state index contributed by atoms with van der Waals surface area (Å²) < 4.78 is 0. The Bertz CT molecular complexity index is 885. The van der Waals surface area contributed by atoms with Crippen molar-refractivity contribution in [1.29, 1.82) is 0 Å². The number of thioether (sulfide) groups is 1. The third-order valence-corrected chi connectivity index (χ3v) is 14.1. The number of aliphatic carboxylic acids is 1. The average molecular weight is 608 g/mol. The van der Waals surface area contributed by atoms with Crippen molar-refractivity contribution >= 4 is 29.3 Å². The highest BCUT2D eigenvalue weighted by Gasteiger charge is 2.45. The largest absolute Gasteiger partial charge is 0.481 e. The van der Waals surface area contributed by atoms with Gasteiger partial charge in [-0.2, -0.15) is 11.8 Å². The van der Waals surface area contributed by atoms with Crippen molar-refractivity contribution < 1.29 is 15.0 Å². The number of alkyl halides is 1. The van der Waals surface area contributed by atoms with Gasteiger partial charge in [-0.25, -0.2) is 0 Å². The third kappa shape index (κ3) is 9.14. The van der Waals surface area contributed by atoms with Crippen molar-refractivity contribution in [1.82, 2.24) is 5.32 Å². The molecule has 234 valence electrons. The molecular formula is C35H58ClNO3S. The molecule has 1 saturated heterocycles. The van der Waals surface area contributed by atoms with E-state index in [-0.39, 0.29) is 5.41 Å². The summed E-state index contributed by atoms with van der Waals surface area (Å²) in [6.07, 6.45) is 26.4. The van der Waals surface area contributed by atoms with E-state index in [0.29, 0.717) is 52.8 Å². The Morgan fingerprint density at radius 2 is 1.80 bits per heavy atom. The standard InChI is InChI=1S/C35H58ClNO3S/c1-34(2,40)30-9-4-3-7-25(30)13-17-32(41-23-35(18-19-35)22-33(38)39)27-8-5-6-24(20-27)10-15-29-16-12-26-11-14-28(36)21-31(26)37-29/h10,15,24-32,37,40H,3-9,11-14,16-23H2,1-2H3,(H,38,39)/b15-10+/t24?,25?,26?,27?,28?,29?,30?,31?,32-/m1/s1. The van der Waals surface area contributed by atoms with Gasteiger partial charge in [0.2, 0.25) is 0 Å². The van der Waals surface area contributed by atoms with Crippen LogP contribution in [0.5, 0.6) is 0 Å². The number of aliphatic hydroxyl groups is 1. The summed E-state index contributed by atoms with van der Waals surface area (Å²) in [7, 11) is 0. The van der Waals surface area contributed by atoms with Crippen LogP contribution in [-0.4, -0.2) is 50.2 Å². The molecule has 3 N–H and O–H groups in total. The molecule has 1 aliphatic heterocycles. The molecule has 4 nitrogen and oxygen atoms in total. The number of hydrogen-bond donors (Lipinski definition) is 3. The minimum Gasteiger partial charge on any atom is -0.481 e. The van der Waals surface area contributed by atoms with Gasteiger partial charge in [0.15, 0.2) is 0 Å². The van der Waals surface area contributed by atoms with E-state index < -0.39 is 11.6 Å². The van der Waals surface area contributed by atoms with Gasteiger partial charge in [0.05, 0.1) is 12.0 Å². The zero-order chi connectivity index (χ0) is 29.0. The summed E-state index contributed by atoms with van der Waals surface area (Å²) in [5, 5.41) is 25.3. The number of hydrogen-bond acceptors (Lipinski definition) is 4. The number of rotatable bonds is 12. The highest BCUT2D eigenvalue weighted by molar-refractivity contribution is 7.99. The molecule has 5 fully saturated rings. The van der Waals surface area contributed by atoms with E-state index in [4.69, 9.17) is 11.6 Å². The van der Waals surface area contributed by atoms with Crippen LogP contribution in [-0.2, 0) is 4.79 Å². The lowest BCUT2D eigenvalue weighted by Crippen LogP contribution is -2.49. The van der Waals surface area contributed by atoms with Crippen LogP contribution in [0.15, 0.2) is 12.2 Å². The zero-order valence-electron chi connectivity index (χ0n) is 25.9. The van der Waals surface area contributed by atoms with E-state index in [2.05, 4.69) is 29.2 Å². The smallest absolute Gasteiger partial charge is 0.303 e. The number of allylic oxidation sites excluding steroid dienone is 1. The van der Waals surface area contributed by atoms with Crippen LogP contribution >= 0.6 is 23.4 Å². The first-order valence-corrected chi connectivity index (χ1v) is 18.7. The van der Waals surface area contributed by atoms with Gasteiger partial charge in [0, 0.05) is 22.7 Å². The Morgan fingerprint density at radius 3 is 2.56 bits per heavy atom. The maximum Gasteiger partial charge on any atom is 0.303 e. The van der Waals surface area contributed by atoms with Gasteiger partial charge in [-0.3, -0.25) is 4.79 Å². The molecule has 8 unspecified atom stereocenters. The number of halogens is 1. The van der Waals surface area contributed by atoms with Crippen molar-refractivity contribution in [3.05, 3.63) is 12.2 Å². The van der Waals surface area contributed by atoms with Crippen LogP contribution in [0.25, 0.3) is 0 Å². The molecule has 0 amide bonds. The van der Waals surface area contributed by atoms with Crippen LogP contribution < -0.4 is 5.32 Å². The molecule has 0 bridgehead atoms. The first kappa shape index (κ1) is 32.2. The van der Waals surface area contributed by atoms with E-state index >= 15 is 0 Å². The highest BCUT2D eigenvalue weighted by Crippen LogP contribution is 2.53. The fourth-order valence-electron chi connectivity index (χ4n) is 9.18. The average Bonchev–Trinajstić information content (AvgIpc) is 3.70. The van der Waals surface area contributed by atoms with Crippen LogP contribution in [0.1, 0.15) is 129 Å². The van der Waals surface area contributed by atoms with Crippen molar-refractivity contribution in [3.8, 4) is 0 Å². The molecule has 1 heterocycles. The molecular weight excluding hydrogens is 550 g/mol. The second kappa shape index (κ2) is 14.2. The topological polar surface area (TPSA) is 69.6 Å². The van der Waals surface area contributed by atoms with Gasteiger partial charge in [0.1, 0.15) is 0 Å². The molecule has 6 heteroatoms. The lowest BCUT2D eigenvalue weighted by Gasteiger charge is -2.41. The van der Waals surface area contributed by atoms with Crippen molar-refractivity contribution in [3.63, 3.8) is 0 Å². The van der Waals surface area contributed by atoms with Crippen LogP contribution in [0.4, 0.5) is 0 Å². The molecule has 5 rings (SSSR count). The van der Waals surface area contributed by atoms with Gasteiger partial charge in [-0.05, 0) is 138 Å². The second-order valence-corrected chi connectivity index (χ2v) is 17.3. The highest BCUT2D eigenvalue weighted by atomic mass is 35.5. The predicted octanol–water partition coefficient (Wildman–Crippen LogP) is 8.59. The summed E-state index contributed by atoms with van der Waals surface area (Å²) in [6.45, 7) is 4.04. The van der Waals surface area contributed by atoms with Crippen LogP contribution in [0, 0.1) is 35.0 Å². The molecule has 0 aromatic rings. The minimum atomic E-state index is -0.629. The summed E-state index contributed by atoms with van der Waals surface area (Å²) in [6, 6.07) is 1.10. The number of fused-ring (bicyclic) bond motifs is 1. The van der Waals surface area contributed by atoms with E-state index in [1.807, 2.05) is 13.8 Å². The zero-order valence-corrected chi connectivity index (χ0v) is 27.4.